The van der Waals surface area contributed by atoms with Gasteiger partial charge < -0.3 is 11.1 Å². The minimum absolute atomic E-state index is 0.0218. The summed E-state index contributed by atoms with van der Waals surface area (Å²) in [6, 6.07) is 0.0540. The Morgan fingerprint density at radius 1 is 1.39 bits per heavy atom. The van der Waals surface area contributed by atoms with Gasteiger partial charge in [-0.05, 0) is 18.3 Å². The molecule has 0 radical (unpaired) electrons. The topological polar surface area (TPSA) is 55.1 Å². The minimum Gasteiger partial charge on any atom is -0.355 e. The molecule has 104 valence electrons. The van der Waals surface area contributed by atoms with Gasteiger partial charge in [-0.25, -0.2) is 0 Å². The molecule has 0 heterocycles. The lowest BCUT2D eigenvalue weighted by Crippen LogP contribution is -2.37. The quantitative estimate of drug-likeness (QED) is 0.540. The number of carbonyl (C=O) groups is 1. The molecule has 0 saturated heterocycles. The number of unbranched alkanes of at least 4 members (excludes halogenated alkanes) is 2. The molecule has 3 heteroatoms. The first-order chi connectivity index (χ1) is 8.44. The van der Waals surface area contributed by atoms with Crippen molar-refractivity contribution in [3.8, 4) is 0 Å². The Kier molecular flexibility index (Phi) is 5.86. The van der Waals surface area contributed by atoms with Gasteiger partial charge in [-0.1, -0.05) is 52.2 Å². The summed E-state index contributed by atoms with van der Waals surface area (Å²) in [5, 5.41) is 3.07. The Morgan fingerprint density at radius 3 is 2.67 bits per heavy atom. The van der Waals surface area contributed by atoms with Crippen molar-refractivity contribution < 1.29 is 4.79 Å². The zero-order valence-electron chi connectivity index (χ0n) is 12.0. The molecule has 1 amide bonds. The monoisotopic (exact) mass is 252 g/mol. The van der Waals surface area contributed by atoms with Gasteiger partial charge in [0, 0.05) is 12.6 Å². The molecule has 0 fully saturated rings. The summed E-state index contributed by atoms with van der Waals surface area (Å²) < 4.78 is 0. The molecule has 18 heavy (non-hydrogen) atoms. The Hall–Kier alpha value is -0.830. The normalized spacial score (nSPS) is 23.3. The number of nitrogens with one attached hydrogen (secondary N) is 1. The summed E-state index contributed by atoms with van der Waals surface area (Å²) in [7, 11) is 0. The second kappa shape index (κ2) is 6.93. The van der Waals surface area contributed by atoms with Crippen LogP contribution in [0.5, 0.6) is 0 Å². The second-order valence-electron chi connectivity index (χ2n) is 6.23. The molecule has 1 aliphatic rings. The van der Waals surface area contributed by atoms with Crippen LogP contribution in [0.3, 0.4) is 0 Å². The molecule has 0 saturated carbocycles. The molecular formula is C15H28N2O. The Labute approximate surface area is 111 Å². The van der Waals surface area contributed by atoms with Gasteiger partial charge in [0.1, 0.15) is 0 Å². The number of amides is 1. The lowest BCUT2D eigenvalue weighted by molar-refractivity contribution is -0.124. The van der Waals surface area contributed by atoms with Crippen LogP contribution in [-0.2, 0) is 4.79 Å². The lowest BCUT2D eigenvalue weighted by Gasteiger charge is -2.25. The first-order valence-electron chi connectivity index (χ1n) is 7.16. The highest BCUT2D eigenvalue weighted by atomic mass is 16.1. The maximum Gasteiger partial charge on any atom is 0.227 e. The molecule has 0 spiro atoms. The molecule has 0 bridgehead atoms. The standard InChI is InChI=1S/C15H28N2O/c1-4-5-6-9-15(2,3)11-17-14(18)12-7-8-13(16)10-12/h7-8,12-13H,4-6,9-11,16H2,1-3H3,(H,17,18). The maximum absolute atomic E-state index is 11.9. The van der Waals surface area contributed by atoms with E-state index in [9.17, 15) is 4.79 Å². The molecule has 0 aliphatic heterocycles. The zero-order valence-corrected chi connectivity index (χ0v) is 12.0. The zero-order chi connectivity index (χ0) is 13.6. The fraction of sp³-hybridized carbons (Fsp3) is 0.800. The van der Waals surface area contributed by atoms with Gasteiger partial charge in [-0.2, -0.15) is 0 Å². The van der Waals surface area contributed by atoms with Crippen LogP contribution in [0.1, 0.15) is 52.9 Å². The summed E-state index contributed by atoms with van der Waals surface area (Å²) in [6.07, 6.45) is 9.54. The lowest BCUT2D eigenvalue weighted by atomic mass is 9.86. The van der Waals surface area contributed by atoms with Crippen LogP contribution in [0.15, 0.2) is 12.2 Å². The van der Waals surface area contributed by atoms with Crippen molar-refractivity contribution >= 4 is 5.91 Å². The van der Waals surface area contributed by atoms with Gasteiger partial charge in [-0.3, -0.25) is 4.79 Å². The van der Waals surface area contributed by atoms with E-state index in [4.69, 9.17) is 5.73 Å². The number of carbonyl (C=O) groups excluding carboxylic acids is 1. The summed E-state index contributed by atoms with van der Waals surface area (Å²) in [5.74, 6) is 0.106. The highest BCUT2D eigenvalue weighted by Crippen LogP contribution is 2.23. The first-order valence-corrected chi connectivity index (χ1v) is 7.16. The molecule has 3 N–H and O–H groups in total. The smallest absolute Gasteiger partial charge is 0.227 e. The predicted octanol–water partition coefficient (Wildman–Crippen LogP) is 2.61. The molecular weight excluding hydrogens is 224 g/mol. The van der Waals surface area contributed by atoms with E-state index in [1.54, 1.807) is 0 Å². The van der Waals surface area contributed by atoms with Crippen LogP contribution < -0.4 is 11.1 Å². The van der Waals surface area contributed by atoms with Crippen LogP contribution in [-0.4, -0.2) is 18.5 Å². The summed E-state index contributed by atoms with van der Waals surface area (Å²) in [6.45, 7) is 7.41. The van der Waals surface area contributed by atoms with Crippen molar-refractivity contribution in [2.75, 3.05) is 6.54 Å². The highest BCUT2D eigenvalue weighted by Gasteiger charge is 2.24. The van der Waals surface area contributed by atoms with Gasteiger partial charge in [0.05, 0.1) is 5.92 Å². The van der Waals surface area contributed by atoms with E-state index >= 15 is 0 Å². The summed E-state index contributed by atoms with van der Waals surface area (Å²) in [5.41, 5.74) is 5.95. The van der Waals surface area contributed by atoms with Gasteiger partial charge >= 0.3 is 0 Å². The van der Waals surface area contributed by atoms with Crippen LogP contribution in [0, 0.1) is 11.3 Å². The second-order valence-corrected chi connectivity index (χ2v) is 6.23. The van der Waals surface area contributed by atoms with Gasteiger partial charge in [0.25, 0.3) is 0 Å². The fourth-order valence-corrected chi connectivity index (χ4v) is 2.32. The summed E-state index contributed by atoms with van der Waals surface area (Å²) >= 11 is 0. The molecule has 0 aromatic heterocycles. The van der Waals surface area contributed by atoms with Gasteiger partial charge in [-0.15, -0.1) is 0 Å². The summed E-state index contributed by atoms with van der Waals surface area (Å²) in [4.78, 5) is 11.9. The third-order valence-corrected chi connectivity index (χ3v) is 3.65. The number of hydrogen-bond donors (Lipinski definition) is 2. The average molecular weight is 252 g/mol. The number of rotatable bonds is 7. The van der Waals surface area contributed by atoms with Crippen molar-refractivity contribution in [2.45, 2.75) is 58.9 Å². The third-order valence-electron chi connectivity index (χ3n) is 3.65. The third kappa shape index (κ3) is 5.21. The highest BCUT2D eigenvalue weighted by molar-refractivity contribution is 5.81. The molecule has 0 aromatic carbocycles. The van der Waals surface area contributed by atoms with Crippen molar-refractivity contribution in [3.63, 3.8) is 0 Å². The van der Waals surface area contributed by atoms with Crippen LogP contribution in [0.2, 0.25) is 0 Å². The van der Waals surface area contributed by atoms with E-state index in [0.717, 1.165) is 13.0 Å². The largest absolute Gasteiger partial charge is 0.355 e. The minimum atomic E-state index is -0.0218. The Bertz CT molecular complexity index is 297. The SMILES string of the molecule is CCCCCC(C)(C)CNC(=O)C1C=CC(N)C1. The van der Waals surface area contributed by atoms with E-state index in [-0.39, 0.29) is 23.3 Å². The molecule has 0 aromatic rings. The van der Waals surface area contributed by atoms with Gasteiger partial charge in [0.2, 0.25) is 5.91 Å². The average Bonchev–Trinajstić information content (AvgIpc) is 2.73. The molecule has 2 atom stereocenters. The van der Waals surface area contributed by atoms with E-state index in [0.29, 0.717) is 0 Å². The van der Waals surface area contributed by atoms with Gasteiger partial charge in [0.15, 0.2) is 0 Å². The van der Waals surface area contributed by atoms with Crippen molar-refractivity contribution in [3.05, 3.63) is 12.2 Å². The molecule has 3 nitrogen and oxygen atoms in total. The molecule has 1 aliphatic carbocycles. The number of hydrogen-bond acceptors (Lipinski definition) is 2. The van der Waals surface area contributed by atoms with Crippen molar-refractivity contribution in [1.82, 2.24) is 5.32 Å². The van der Waals surface area contributed by atoms with E-state index in [1.807, 2.05) is 12.2 Å². The molecule has 1 rings (SSSR count). The van der Waals surface area contributed by atoms with Crippen molar-refractivity contribution in [1.29, 1.82) is 0 Å². The van der Waals surface area contributed by atoms with E-state index < -0.39 is 0 Å². The van der Waals surface area contributed by atoms with E-state index in [1.165, 1.54) is 25.7 Å². The first kappa shape index (κ1) is 15.2. The van der Waals surface area contributed by atoms with Crippen LogP contribution in [0.25, 0.3) is 0 Å². The van der Waals surface area contributed by atoms with Crippen LogP contribution >= 0.6 is 0 Å². The Morgan fingerprint density at radius 2 is 2.11 bits per heavy atom. The predicted molar refractivity (Wildman–Crippen MR) is 76.2 cm³/mol. The maximum atomic E-state index is 11.9. The number of nitrogens with two attached hydrogens (primary N) is 1. The molecule has 2 unspecified atom stereocenters. The van der Waals surface area contributed by atoms with Crippen LogP contribution in [0.4, 0.5) is 0 Å². The Balaban J connectivity index is 2.26. The van der Waals surface area contributed by atoms with E-state index in [2.05, 4.69) is 26.1 Å². The fourth-order valence-electron chi connectivity index (χ4n) is 2.32. The van der Waals surface area contributed by atoms with Crippen molar-refractivity contribution in [2.24, 2.45) is 17.1 Å².